The van der Waals surface area contributed by atoms with E-state index < -0.39 is 0 Å². The second-order valence-electron chi connectivity index (χ2n) is 5.59. The fraction of sp³-hybridized carbons (Fsp3) is 0.400. The summed E-state index contributed by atoms with van der Waals surface area (Å²) >= 11 is 0. The Kier molecular flexibility index (Phi) is 3.27. The summed E-state index contributed by atoms with van der Waals surface area (Å²) < 4.78 is 1.64. The molecule has 0 aliphatic heterocycles. The first-order valence-corrected chi connectivity index (χ1v) is 6.51. The number of hydrogen-bond acceptors (Lipinski definition) is 3. The van der Waals surface area contributed by atoms with Crippen LogP contribution in [0.25, 0.3) is 10.9 Å². The van der Waals surface area contributed by atoms with Gasteiger partial charge in [0, 0.05) is 35.4 Å². The number of pyridine rings is 1. The highest BCUT2D eigenvalue weighted by atomic mass is 16.1. The predicted octanol–water partition coefficient (Wildman–Crippen LogP) is 2.72. The van der Waals surface area contributed by atoms with Crippen molar-refractivity contribution in [1.82, 2.24) is 4.57 Å². The van der Waals surface area contributed by atoms with Crippen LogP contribution in [0, 0.1) is 0 Å². The lowest BCUT2D eigenvalue weighted by Gasteiger charge is -2.27. The van der Waals surface area contributed by atoms with Crippen molar-refractivity contribution in [1.29, 1.82) is 0 Å². The van der Waals surface area contributed by atoms with Crippen molar-refractivity contribution in [3.05, 3.63) is 34.6 Å². The summed E-state index contributed by atoms with van der Waals surface area (Å²) in [6, 6.07) is 7.24. The summed E-state index contributed by atoms with van der Waals surface area (Å²) in [5.41, 5.74) is 8.20. The van der Waals surface area contributed by atoms with Crippen LogP contribution in [0.5, 0.6) is 0 Å². The molecule has 2 rings (SSSR count). The second kappa shape index (κ2) is 4.61. The van der Waals surface area contributed by atoms with Gasteiger partial charge in [0.15, 0.2) is 0 Å². The Labute approximate surface area is 113 Å². The molecule has 0 aliphatic rings. The van der Waals surface area contributed by atoms with Crippen molar-refractivity contribution >= 4 is 22.3 Å². The lowest BCUT2D eigenvalue weighted by Crippen LogP contribution is -2.31. The van der Waals surface area contributed by atoms with E-state index in [2.05, 4.69) is 26.1 Å². The molecule has 0 radical (unpaired) electrons. The number of nitrogens with zero attached hydrogens (tertiary/aromatic N) is 1. The van der Waals surface area contributed by atoms with Crippen LogP contribution in [-0.2, 0) is 7.05 Å². The van der Waals surface area contributed by atoms with Crippen LogP contribution in [0.1, 0.15) is 27.2 Å². The maximum absolute atomic E-state index is 12.0. The first-order valence-electron chi connectivity index (χ1n) is 6.51. The SMILES string of the molecule is CCC(C)(C)Nc1cc(=O)n(C)c2ccc(N)cc12. The standard InChI is InChI=1S/C15H21N3O/c1-5-15(2,3)17-12-9-14(19)18(4)13-7-6-10(16)8-11(12)13/h6-9,17H,5,16H2,1-4H3. The van der Waals surface area contributed by atoms with Crippen molar-refractivity contribution in [3.8, 4) is 0 Å². The number of hydrogen-bond donors (Lipinski definition) is 2. The van der Waals surface area contributed by atoms with E-state index in [1.54, 1.807) is 17.7 Å². The van der Waals surface area contributed by atoms with Gasteiger partial charge in [-0.05, 0) is 38.5 Å². The Morgan fingerprint density at radius 2 is 2.00 bits per heavy atom. The largest absolute Gasteiger partial charge is 0.399 e. The molecular formula is C15H21N3O. The van der Waals surface area contributed by atoms with Gasteiger partial charge < -0.3 is 15.6 Å². The molecule has 1 heterocycles. The molecule has 0 spiro atoms. The second-order valence-corrected chi connectivity index (χ2v) is 5.59. The third-order valence-corrected chi connectivity index (χ3v) is 3.63. The highest BCUT2D eigenvalue weighted by Gasteiger charge is 2.17. The minimum atomic E-state index is -0.0656. The molecule has 0 saturated heterocycles. The molecule has 102 valence electrons. The van der Waals surface area contributed by atoms with Gasteiger partial charge in [0.1, 0.15) is 0 Å². The Hall–Kier alpha value is -1.97. The van der Waals surface area contributed by atoms with Crippen LogP contribution in [-0.4, -0.2) is 10.1 Å². The Bertz CT molecular complexity index is 671. The molecule has 0 fully saturated rings. The molecule has 1 aromatic carbocycles. The predicted molar refractivity (Wildman–Crippen MR) is 81.6 cm³/mol. The first-order chi connectivity index (χ1) is 8.84. The highest BCUT2D eigenvalue weighted by molar-refractivity contribution is 5.93. The van der Waals surface area contributed by atoms with Crippen molar-refractivity contribution in [3.63, 3.8) is 0 Å². The third kappa shape index (κ3) is 2.57. The number of aromatic nitrogens is 1. The van der Waals surface area contributed by atoms with Crippen LogP contribution in [0.15, 0.2) is 29.1 Å². The molecule has 0 unspecified atom stereocenters. The third-order valence-electron chi connectivity index (χ3n) is 3.63. The summed E-state index contributed by atoms with van der Waals surface area (Å²) in [4.78, 5) is 12.0. The van der Waals surface area contributed by atoms with Gasteiger partial charge >= 0.3 is 0 Å². The van der Waals surface area contributed by atoms with Crippen molar-refractivity contribution < 1.29 is 0 Å². The molecule has 1 aromatic heterocycles. The van der Waals surface area contributed by atoms with Gasteiger partial charge in [-0.25, -0.2) is 0 Å². The van der Waals surface area contributed by atoms with Gasteiger partial charge in [0.2, 0.25) is 0 Å². The Morgan fingerprint density at radius 1 is 1.32 bits per heavy atom. The van der Waals surface area contributed by atoms with Gasteiger partial charge in [-0.3, -0.25) is 4.79 Å². The van der Waals surface area contributed by atoms with Crippen LogP contribution < -0.4 is 16.6 Å². The Morgan fingerprint density at radius 3 is 2.63 bits per heavy atom. The molecular weight excluding hydrogens is 238 g/mol. The number of nitrogens with two attached hydrogens (primary N) is 1. The van der Waals surface area contributed by atoms with Crippen LogP contribution >= 0.6 is 0 Å². The number of rotatable bonds is 3. The molecule has 0 amide bonds. The molecule has 3 N–H and O–H groups in total. The quantitative estimate of drug-likeness (QED) is 0.833. The summed E-state index contributed by atoms with van der Waals surface area (Å²) in [7, 11) is 1.77. The van der Waals surface area contributed by atoms with Crippen LogP contribution in [0.2, 0.25) is 0 Å². The zero-order valence-corrected chi connectivity index (χ0v) is 11.9. The smallest absolute Gasteiger partial charge is 0.252 e. The van der Waals surface area contributed by atoms with Gasteiger partial charge in [-0.15, -0.1) is 0 Å². The van der Waals surface area contributed by atoms with E-state index in [0.29, 0.717) is 5.69 Å². The number of nitrogen functional groups attached to an aromatic ring is 1. The van der Waals surface area contributed by atoms with E-state index in [4.69, 9.17) is 5.73 Å². The van der Waals surface area contributed by atoms with E-state index in [1.807, 2.05) is 18.2 Å². The zero-order chi connectivity index (χ0) is 14.2. The molecule has 0 saturated carbocycles. The monoisotopic (exact) mass is 259 g/mol. The minimum absolute atomic E-state index is 0.0216. The maximum atomic E-state index is 12.0. The van der Waals surface area contributed by atoms with Gasteiger partial charge in [-0.1, -0.05) is 6.92 Å². The van der Waals surface area contributed by atoms with Gasteiger partial charge in [0.05, 0.1) is 5.52 Å². The molecule has 0 bridgehead atoms. The minimum Gasteiger partial charge on any atom is -0.399 e. The van der Waals surface area contributed by atoms with Crippen molar-refractivity contribution in [2.45, 2.75) is 32.7 Å². The van der Waals surface area contributed by atoms with Gasteiger partial charge in [0.25, 0.3) is 5.56 Å². The normalized spacial score (nSPS) is 11.8. The molecule has 19 heavy (non-hydrogen) atoms. The van der Waals surface area contributed by atoms with Crippen LogP contribution in [0.4, 0.5) is 11.4 Å². The average molecular weight is 259 g/mol. The van der Waals surface area contributed by atoms with E-state index >= 15 is 0 Å². The maximum Gasteiger partial charge on any atom is 0.252 e. The zero-order valence-electron chi connectivity index (χ0n) is 11.9. The molecule has 4 nitrogen and oxygen atoms in total. The summed E-state index contributed by atoms with van der Waals surface area (Å²) in [5.74, 6) is 0. The lowest BCUT2D eigenvalue weighted by molar-refractivity contribution is 0.548. The molecule has 0 aliphatic carbocycles. The van der Waals surface area contributed by atoms with E-state index in [9.17, 15) is 4.79 Å². The number of fused-ring (bicyclic) bond motifs is 1. The van der Waals surface area contributed by atoms with Crippen LogP contribution in [0.3, 0.4) is 0 Å². The number of nitrogens with one attached hydrogen (secondary N) is 1. The topological polar surface area (TPSA) is 60.0 Å². The molecule has 2 aromatic rings. The summed E-state index contributed by atoms with van der Waals surface area (Å²) in [5, 5.41) is 4.41. The van der Waals surface area contributed by atoms with E-state index in [0.717, 1.165) is 23.0 Å². The number of anilines is 2. The molecule has 0 atom stereocenters. The van der Waals surface area contributed by atoms with Crippen molar-refractivity contribution in [2.75, 3.05) is 11.1 Å². The fourth-order valence-electron chi connectivity index (χ4n) is 2.04. The van der Waals surface area contributed by atoms with E-state index in [1.165, 1.54) is 0 Å². The average Bonchev–Trinajstić information content (AvgIpc) is 2.35. The first kappa shape index (κ1) is 13.5. The highest BCUT2D eigenvalue weighted by Crippen LogP contribution is 2.26. The Balaban J connectivity index is 2.70. The molecule has 4 heteroatoms. The number of aryl methyl sites for hydroxylation is 1. The van der Waals surface area contributed by atoms with E-state index in [-0.39, 0.29) is 11.1 Å². The fourth-order valence-corrected chi connectivity index (χ4v) is 2.04. The summed E-state index contributed by atoms with van der Waals surface area (Å²) in [6.45, 7) is 6.34. The van der Waals surface area contributed by atoms with Crippen molar-refractivity contribution in [2.24, 2.45) is 7.05 Å². The lowest BCUT2D eigenvalue weighted by atomic mass is 10.0. The van der Waals surface area contributed by atoms with Gasteiger partial charge in [-0.2, -0.15) is 0 Å². The number of benzene rings is 1. The summed E-state index contributed by atoms with van der Waals surface area (Å²) in [6.07, 6.45) is 0.964.